The van der Waals surface area contributed by atoms with Gasteiger partial charge in [-0.2, -0.15) is 5.10 Å². The van der Waals surface area contributed by atoms with Crippen LogP contribution in [0.15, 0.2) is 75.2 Å². The number of rotatable bonds is 3. The zero-order valence-corrected chi connectivity index (χ0v) is 14.9. The molecule has 0 bridgehead atoms. The monoisotopic (exact) mass is 381 g/mol. The Morgan fingerprint density at radius 3 is 2.50 bits per heavy atom. The minimum atomic E-state index is -0.335. The smallest absolute Gasteiger partial charge is 0.307 e. The van der Waals surface area contributed by atoms with Gasteiger partial charge in [0.15, 0.2) is 0 Å². The van der Waals surface area contributed by atoms with Gasteiger partial charge in [0.1, 0.15) is 10.6 Å². The van der Waals surface area contributed by atoms with E-state index in [-0.39, 0.29) is 10.8 Å². The molecule has 1 aromatic heterocycles. The Morgan fingerprint density at radius 1 is 1.08 bits per heavy atom. The third kappa shape index (κ3) is 2.89. The van der Waals surface area contributed by atoms with Crippen LogP contribution in [0.3, 0.4) is 0 Å². The van der Waals surface area contributed by atoms with E-state index in [0.717, 1.165) is 22.5 Å². The summed E-state index contributed by atoms with van der Waals surface area (Å²) < 4.78 is 0. The highest BCUT2D eigenvalue weighted by molar-refractivity contribution is 7.10. The van der Waals surface area contributed by atoms with Crippen molar-refractivity contribution in [2.45, 2.75) is 0 Å². The highest BCUT2D eigenvalue weighted by atomic mass is 35.5. The van der Waals surface area contributed by atoms with Gasteiger partial charge in [0, 0.05) is 16.7 Å². The van der Waals surface area contributed by atoms with Gasteiger partial charge < -0.3 is 5.11 Å². The summed E-state index contributed by atoms with van der Waals surface area (Å²) >= 11 is 7.28. The Balaban J connectivity index is 2.01. The van der Waals surface area contributed by atoms with Gasteiger partial charge in [0.2, 0.25) is 5.88 Å². The van der Waals surface area contributed by atoms with Gasteiger partial charge in [-0.1, -0.05) is 71.5 Å². The van der Waals surface area contributed by atoms with Crippen LogP contribution in [0.1, 0.15) is 16.0 Å². The highest BCUT2D eigenvalue weighted by Gasteiger charge is 2.24. The van der Waals surface area contributed by atoms with E-state index in [0.29, 0.717) is 26.8 Å². The average Bonchev–Trinajstić information content (AvgIpc) is 3.24. The summed E-state index contributed by atoms with van der Waals surface area (Å²) in [5.41, 5.74) is 3.52. The molecule has 128 valence electrons. The number of allylic oxidation sites excluding steroid dienone is 1. The number of aromatic hydroxyl groups is 1. The van der Waals surface area contributed by atoms with Gasteiger partial charge in [0.05, 0.1) is 11.2 Å². The number of benzene rings is 2. The van der Waals surface area contributed by atoms with Crippen LogP contribution in [0, 0.1) is 0 Å². The standard InChI is InChI=1S/C19H12ClN3O2S/c20-14-9-5-4-8-12(14)16-13(10-21-23-16)15(11-6-2-1-3-7-11)17-18(24)22-19(25)26-17/h1-10,24H,(H,22,25). The van der Waals surface area contributed by atoms with E-state index in [4.69, 9.17) is 11.6 Å². The van der Waals surface area contributed by atoms with Crippen molar-refractivity contribution < 1.29 is 5.11 Å². The second kappa shape index (κ2) is 6.74. The molecule has 3 aromatic rings. The van der Waals surface area contributed by atoms with Gasteiger partial charge >= 0.3 is 4.87 Å². The number of aromatic nitrogens is 1. The molecule has 2 aromatic carbocycles. The molecule has 1 aliphatic heterocycles. The molecule has 0 saturated carbocycles. The van der Waals surface area contributed by atoms with Crippen molar-refractivity contribution in [2.24, 2.45) is 10.2 Å². The first-order valence-corrected chi connectivity index (χ1v) is 8.93. The van der Waals surface area contributed by atoms with E-state index >= 15 is 0 Å². The van der Waals surface area contributed by atoms with E-state index < -0.39 is 0 Å². The van der Waals surface area contributed by atoms with E-state index in [1.54, 1.807) is 12.3 Å². The van der Waals surface area contributed by atoms with Gasteiger partial charge in [-0.25, -0.2) is 0 Å². The first-order chi connectivity index (χ1) is 12.6. The van der Waals surface area contributed by atoms with Crippen LogP contribution >= 0.6 is 22.9 Å². The summed E-state index contributed by atoms with van der Waals surface area (Å²) in [4.78, 5) is 14.3. The zero-order valence-electron chi connectivity index (χ0n) is 13.3. The van der Waals surface area contributed by atoms with Crippen molar-refractivity contribution in [1.29, 1.82) is 0 Å². The van der Waals surface area contributed by atoms with E-state index in [9.17, 15) is 9.90 Å². The summed E-state index contributed by atoms with van der Waals surface area (Å²) in [5, 5.41) is 19.1. The Bertz CT molecular complexity index is 1130. The Labute approximate surface area is 157 Å². The van der Waals surface area contributed by atoms with Crippen molar-refractivity contribution in [3.05, 3.63) is 90.9 Å². The summed E-state index contributed by atoms with van der Waals surface area (Å²) in [5.74, 6) is -0.176. The van der Waals surface area contributed by atoms with E-state index in [2.05, 4.69) is 15.2 Å². The van der Waals surface area contributed by atoms with E-state index in [1.165, 1.54) is 0 Å². The molecule has 0 aliphatic carbocycles. The molecule has 0 saturated heterocycles. The van der Waals surface area contributed by atoms with Crippen LogP contribution < -0.4 is 4.87 Å². The van der Waals surface area contributed by atoms with Gasteiger partial charge in [-0.3, -0.25) is 9.78 Å². The lowest BCUT2D eigenvalue weighted by molar-refractivity contribution is 0.455. The van der Waals surface area contributed by atoms with Crippen molar-refractivity contribution in [1.82, 2.24) is 4.98 Å². The molecule has 2 N–H and O–H groups in total. The molecule has 0 unspecified atom stereocenters. The molecule has 1 aliphatic rings. The van der Waals surface area contributed by atoms with Crippen LogP contribution in [0.5, 0.6) is 5.88 Å². The zero-order chi connectivity index (χ0) is 18.1. The van der Waals surface area contributed by atoms with Crippen molar-refractivity contribution >= 4 is 40.4 Å². The van der Waals surface area contributed by atoms with Crippen LogP contribution in [0.25, 0.3) is 5.57 Å². The van der Waals surface area contributed by atoms with Crippen molar-refractivity contribution in [3.63, 3.8) is 0 Å². The first kappa shape index (κ1) is 16.5. The molecule has 26 heavy (non-hydrogen) atoms. The average molecular weight is 382 g/mol. The normalized spacial score (nSPS) is 15.2. The fraction of sp³-hybridized carbons (Fsp3) is 0. The summed E-state index contributed by atoms with van der Waals surface area (Å²) in [6, 6.07) is 16.8. The summed E-state index contributed by atoms with van der Waals surface area (Å²) in [7, 11) is 0. The fourth-order valence-corrected chi connectivity index (χ4v) is 3.83. The Morgan fingerprint density at radius 2 is 1.81 bits per heavy atom. The largest absolute Gasteiger partial charge is 0.493 e. The molecule has 7 heteroatoms. The lowest BCUT2D eigenvalue weighted by atomic mass is 9.93. The molecular weight excluding hydrogens is 370 g/mol. The topological polar surface area (TPSA) is 77.8 Å². The maximum atomic E-state index is 11.8. The second-order valence-corrected chi connectivity index (χ2v) is 6.91. The van der Waals surface area contributed by atoms with Crippen LogP contribution in [0.4, 0.5) is 0 Å². The minimum absolute atomic E-state index is 0.176. The number of nitrogens with one attached hydrogen (secondary N) is 1. The quantitative estimate of drug-likeness (QED) is 0.716. The van der Waals surface area contributed by atoms with E-state index in [1.807, 2.05) is 48.5 Å². The Hall–Kier alpha value is -2.96. The fourth-order valence-electron chi connectivity index (χ4n) is 2.80. The third-order valence-electron chi connectivity index (χ3n) is 3.92. The number of nitrogens with zero attached hydrogens (tertiary/aromatic N) is 2. The minimum Gasteiger partial charge on any atom is -0.493 e. The van der Waals surface area contributed by atoms with Crippen molar-refractivity contribution in [2.75, 3.05) is 0 Å². The van der Waals surface area contributed by atoms with Gasteiger partial charge in [-0.15, -0.1) is 5.10 Å². The summed E-state index contributed by atoms with van der Waals surface area (Å²) in [6.07, 6.45) is 1.62. The van der Waals surface area contributed by atoms with Crippen LogP contribution in [-0.4, -0.2) is 22.0 Å². The van der Waals surface area contributed by atoms with Crippen LogP contribution in [-0.2, 0) is 0 Å². The number of halogens is 1. The maximum absolute atomic E-state index is 11.8. The van der Waals surface area contributed by atoms with Crippen molar-refractivity contribution in [3.8, 4) is 5.88 Å². The molecule has 0 spiro atoms. The number of thiazole rings is 1. The molecule has 5 nitrogen and oxygen atoms in total. The highest BCUT2D eigenvalue weighted by Crippen LogP contribution is 2.36. The van der Waals surface area contributed by atoms with Gasteiger partial charge in [-0.05, 0) is 11.6 Å². The number of hydrogen-bond donors (Lipinski definition) is 2. The first-order valence-electron chi connectivity index (χ1n) is 7.73. The second-order valence-electron chi connectivity index (χ2n) is 5.52. The molecule has 0 amide bonds. The number of aromatic amines is 1. The molecule has 0 atom stereocenters. The lowest BCUT2D eigenvalue weighted by Gasteiger charge is -2.12. The molecular formula is C19H12ClN3O2S. The third-order valence-corrected chi connectivity index (χ3v) is 5.14. The SMILES string of the molecule is O=c1[nH]c(O)c(C(=C2C=NN=C2c2ccccc2Cl)c2ccccc2)s1. The predicted octanol–water partition coefficient (Wildman–Crippen LogP) is 4.09. The van der Waals surface area contributed by atoms with Crippen LogP contribution in [0.2, 0.25) is 5.02 Å². The Kier molecular flexibility index (Phi) is 4.28. The lowest BCUT2D eigenvalue weighted by Crippen LogP contribution is -2.07. The molecule has 0 fully saturated rings. The van der Waals surface area contributed by atoms with Gasteiger partial charge in [0.25, 0.3) is 0 Å². The molecule has 0 radical (unpaired) electrons. The maximum Gasteiger partial charge on any atom is 0.307 e. The number of H-pyrrole nitrogens is 1. The summed E-state index contributed by atoms with van der Waals surface area (Å²) in [6.45, 7) is 0. The molecule has 4 rings (SSSR count). The molecule has 2 heterocycles. The number of hydrogen-bond acceptors (Lipinski definition) is 5. The predicted molar refractivity (Wildman–Crippen MR) is 106 cm³/mol.